The number of nitrogens with one attached hydrogen (secondary N) is 1. The van der Waals surface area contributed by atoms with Crippen molar-refractivity contribution in [1.29, 1.82) is 0 Å². The molecule has 5 nitrogen and oxygen atoms in total. The molecule has 0 saturated carbocycles. The van der Waals surface area contributed by atoms with E-state index in [2.05, 4.69) is 5.32 Å². The molecule has 0 aromatic heterocycles. The predicted molar refractivity (Wildman–Crippen MR) is 97.3 cm³/mol. The van der Waals surface area contributed by atoms with Gasteiger partial charge in [0, 0.05) is 36.6 Å². The van der Waals surface area contributed by atoms with Crippen LogP contribution >= 0.6 is 11.8 Å². The van der Waals surface area contributed by atoms with Gasteiger partial charge in [-0.3, -0.25) is 9.59 Å². The SMILES string of the molecule is CSc1ccc(N2CC(C(=O)N(C)C3CCNCC3)CC2=O)cc1. The Labute approximate surface area is 147 Å². The van der Waals surface area contributed by atoms with Gasteiger partial charge in [0.05, 0.1) is 5.92 Å². The van der Waals surface area contributed by atoms with E-state index in [1.807, 2.05) is 42.5 Å². The summed E-state index contributed by atoms with van der Waals surface area (Å²) in [4.78, 5) is 30.0. The topological polar surface area (TPSA) is 52.7 Å². The largest absolute Gasteiger partial charge is 0.342 e. The highest BCUT2D eigenvalue weighted by atomic mass is 32.2. The molecule has 3 rings (SSSR count). The van der Waals surface area contributed by atoms with Crippen molar-refractivity contribution in [3.63, 3.8) is 0 Å². The molecule has 1 aromatic rings. The van der Waals surface area contributed by atoms with Crippen molar-refractivity contribution >= 4 is 29.3 Å². The van der Waals surface area contributed by atoms with Gasteiger partial charge in [-0.25, -0.2) is 0 Å². The lowest BCUT2D eigenvalue weighted by atomic mass is 10.0. The zero-order chi connectivity index (χ0) is 17.1. The van der Waals surface area contributed by atoms with Gasteiger partial charge in [-0.05, 0) is 56.5 Å². The van der Waals surface area contributed by atoms with Crippen molar-refractivity contribution in [3.8, 4) is 0 Å². The average Bonchev–Trinajstić information content (AvgIpc) is 3.03. The van der Waals surface area contributed by atoms with Crippen LogP contribution in [-0.4, -0.2) is 55.7 Å². The number of piperidine rings is 1. The first-order valence-corrected chi connectivity index (χ1v) is 9.74. The number of carbonyl (C=O) groups is 2. The van der Waals surface area contributed by atoms with Crippen LogP contribution in [0.25, 0.3) is 0 Å². The van der Waals surface area contributed by atoms with Gasteiger partial charge in [0.2, 0.25) is 11.8 Å². The molecule has 1 aromatic carbocycles. The lowest BCUT2D eigenvalue weighted by molar-refractivity contribution is -0.137. The highest BCUT2D eigenvalue weighted by Gasteiger charge is 2.37. The van der Waals surface area contributed by atoms with Crippen LogP contribution < -0.4 is 10.2 Å². The van der Waals surface area contributed by atoms with Crippen LogP contribution in [0, 0.1) is 5.92 Å². The number of nitrogens with zero attached hydrogens (tertiary/aromatic N) is 2. The summed E-state index contributed by atoms with van der Waals surface area (Å²) in [6, 6.07) is 8.26. The van der Waals surface area contributed by atoms with Crippen LogP contribution in [0.4, 0.5) is 5.69 Å². The molecule has 0 radical (unpaired) electrons. The highest BCUT2D eigenvalue weighted by molar-refractivity contribution is 7.98. The monoisotopic (exact) mass is 347 g/mol. The summed E-state index contributed by atoms with van der Waals surface area (Å²) in [5.74, 6) is -0.0694. The number of thioether (sulfide) groups is 1. The van der Waals surface area contributed by atoms with E-state index in [1.54, 1.807) is 16.7 Å². The molecule has 0 aliphatic carbocycles. The molecule has 1 N–H and O–H groups in total. The maximum atomic E-state index is 12.8. The molecule has 2 aliphatic rings. The smallest absolute Gasteiger partial charge is 0.228 e. The summed E-state index contributed by atoms with van der Waals surface area (Å²) >= 11 is 1.68. The molecule has 0 bridgehead atoms. The summed E-state index contributed by atoms with van der Waals surface area (Å²) in [7, 11) is 1.89. The molecule has 0 spiro atoms. The zero-order valence-electron chi connectivity index (χ0n) is 14.3. The quantitative estimate of drug-likeness (QED) is 0.846. The van der Waals surface area contributed by atoms with E-state index in [0.717, 1.165) is 31.6 Å². The number of benzene rings is 1. The summed E-state index contributed by atoms with van der Waals surface area (Å²) in [5, 5.41) is 3.32. The van der Waals surface area contributed by atoms with Crippen LogP contribution in [0.15, 0.2) is 29.2 Å². The Kier molecular flexibility index (Phi) is 5.46. The third kappa shape index (κ3) is 3.59. The fraction of sp³-hybridized carbons (Fsp3) is 0.556. The molecule has 1 atom stereocenters. The summed E-state index contributed by atoms with van der Waals surface area (Å²) in [5.41, 5.74) is 0.887. The first-order chi connectivity index (χ1) is 11.6. The van der Waals surface area contributed by atoms with Gasteiger partial charge in [-0.2, -0.15) is 0 Å². The minimum atomic E-state index is -0.224. The number of hydrogen-bond donors (Lipinski definition) is 1. The van der Waals surface area contributed by atoms with Crippen molar-refractivity contribution in [2.75, 3.05) is 37.8 Å². The number of carbonyl (C=O) groups excluding carboxylic acids is 2. The van der Waals surface area contributed by atoms with E-state index in [0.29, 0.717) is 19.0 Å². The number of hydrogen-bond acceptors (Lipinski definition) is 4. The van der Waals surface area contributed by atoms with E-state index in [4.69, 9.17) is 0 Å². The second kappa shape index (κ2) is 7.57. The maximum Gasteiger partial charge on any atom is 0.228 e. The zero-order valence-corrected chi connectivity index (χ0v) is 15.1. The minimum absolute atomic E-state index is 0.0453. The molecule has 2 amide bonds. The van der Waals surface area contributed by atoms with Crippen molar-refractivity contribution < 1.29 is 9.59 Å². The third-order valence-corrected chi connectivity index (χ3v) is 5.81. The molecule has 6 heteroatoms. The lowest BCUT2D eigenvalue weighted by Crippen LogP contribution is -2.46. The first-order valence-electron chi connectivity index (χ1n) is 8.52. The molecule has 2 saturated heterocycles. The second-order valence-electron chi connectivity index (χ2n) is 6.53. The van der Waals surface area contributed by atoms with Crippen LogP contribution in [-0.2, 0) is 9.59 Å². The van der Waals surface area contributed by atoms with Gasteiger partial charge >= 0.3 is 0 Å². The van der Waals surface area contributed by atoms with E-state index in [-0.39, 0.29) is 17.7 Å². The Balaban J connectivity index is 1.65. The van der Waals surface area contributed by atoms with Gasteiger partial charge in [0.15, 0.2) is 0 Å². The van der Waals surface area contributed by atoms with E-state index in [9.17, 15) is 9.59 Å². The molecular weight excluding hydrogens is 322 g/mol. The molecule has 2 aliphatic heterocycles. The van der Waals surface area contributed by atoms with Crippen molar-refractivity contribution in [3.05, 3.63) is 24.3 Å². The fourth-order valence-electron chi connectivity index (χ4n) is 3.55. The third-order valence-electron chi connectivity index (χ3n) is 5.06. The normalized spacial score (nSPS) is 22.0. The van der Waals surface area contributed by atoms with Gasteiger partial charge in [-0.15, -0.1) is 11.8 Å². The standard InChI is InChI=1S/C18H25N3O2S/c1-20(14-7-9-19-10-8-14)18(23)13-11-17(22)21(12-13)15-3-5-16(24-2)6-4-15/h3-6,13-14,19H,7-12H2,1-2H3. The van der Waals surface area contributed by atoms with Gasteiger partial charge in [0.25, 0.3) is 0 Å². The molecule has 2 fully saturated rings. The van der Waals surface area contributed by atoms with Crippen LogP contribution in [0.1, 0.15) is 19.3 Å². The van der Waals surface area contributed by atoms with Gasteiger partial charge < -0.3 is 15.1 Å². The fourth-order valence-corrected chi connectivity index (χ4v) is 3.95. The Hall–Kier alpha value is -1.53. The molecule has 1 unspecified atom stereocenters. The lowest BCUT2D eigenvalue weighted by Gasteiger charge is -2.33. The van der Waals surface area contributed by atoms with Crippen LogP contribution in [0.2, 0.25) is 0 Å². The summed E-state index contributed by atoms with van der Waals surface area (Å²) in [6.07, 6.45) is 4.32. The van der Waals surface area contributed by atoms with Crippen LogP contribution in [0.3, 0.4) is 0 Å². The molecule has 2 heterocycles. The molecule has 130 valence electrons. The van der Waals surface area contributed by atoms with Gasteiger partial charge in [0.1, 0.15) is 0 Å². The summed E-state index contributed by atoms with van der Waals surface area (Å²) < 4.78 is 0. The predicted octanol–water partition coefficient (Wildman–Crippen LogP) is 1.97. The Morgan fingerprint density at radius 3 is 2.54 bits per heavy atom. The summed E-state index contributed by atoms with van der Waals surface area (Å²) in [6.45, 7) is 2.41. The number of rotatable bonds is 4. The molecule has 24 heavy (non-hydrogen) atoms. The Bertz CT molecular complexity index is 599. The van der Waals surface area contributed by atoms with Crippen molar-refractivity contribution in [1.82, 2.24) is 10.2 Å². The maximum absolute atomic E-state index is 12.8. The second-order valence-corrected chi connectivity index (χ2v) is 7.41. The van der Waals surface area contributed by atoms with E-state index >= 15 is 0 Å². The average molecular weight is 347 g/mol. The highest BCUT2D eigenvalue weighted by Crippen LogP contribution is 2.28. The van der Waals surface area contributed by atoms with Crippen molar-refractivity contribution in [2.24, 2.45) is 5.92 Å². The number of amides is 2. The van der Waals surface area contributed by atoms with E-state index < -0.39 is 0 Å². The molecular formula is C18H25N3O2S. The van der Waals surface area contributed by atoms with Crippen molar-refractivity contribution in [2.45, 2.75) is 30.2 Å². The Morgan fingerprint density at radius 2 is 1.92 bits per heavy atom. The first kappa shape index (κ1) is 17.3. The minimum Gasteiger partial charge on any atom is -0.342 e. The van der Waals surface area contributed by atoms with Crippen LogP contribution in [0.5, 0.6) is 0 Å². The van der Waals surface area contributed by atoms with Gasteiger partial charge in [-0.1, -0.05) is 0 Å². The van der Waals surface area contributed by atoms with E-state index in [1.165, 1.54) is 4.90 Å². The number of anilines is 1. The Morgan fingerprint density at radius 1 is 1.25 bits per heavy atom.